The Morgan fingerprint density at radius 3 is 2.47 bits per heavy atom. The van der Waals surface area contributed by atoms with E-state index in [4.69, 9.17) is 9.47 Å². The average Bonchev–Trinajstić information content (AvgIpc) is 2.75. The van der Waals surface area contributed by atoms with E-state index in [0.717, 1.165) is 5.56 Å². The lowest BCUT2D eigenvalue weighted by molar-refractivity contribution is -0.115. The van der Waals surface area contributed by atoms with E-state index in [0.29, 0.717) is 27.9 Å². The number of methoxy groups -OCH3 is 2. The molecule has 1 aromatic heterocycles. The van der Waals surface area contributed by atoms with Crippen molar-refractivity contribution in [1.29, 1.82) is 0 Å². The van der Waals surface area contributed by atoms with E-state index in [1.807, 2.05) is 31.2 Å². The number of carbonyl (C=O) groups excluding carboxylic acids is 1. The SMILES string of the molecule is COc1ccc(OC)c(NC(=O)C(C)Sc2ccc(=O)n(-c3ccc(C)cc3)n2)c1. The summed E-state index contributed by atoms with van der Waals surface area (Å²) < 4.78 is 11.8. The molecule has 0 radical (unpaired) electrons. The Kier molecular flexibility index (Phi) is 6.79. The zero-order chi connectivity index (χ0) is 21.7. The molecule has 0 bridgehead atoms. The summed E-state index contributed by atoms with van der Waals surface area (Å²) >= 11 is 1.26. The lowest BCUT2D eigenvalue weighted by atomic mass is 10.2. The topological polar surface area (TPSA) is 82.5 Å². The van der Waals surface area contributed by atoms with Gasteiger partial charge in [-0.2, -0.15) is 9.78 Å². The molecule has 0 aliphatic rings. The molecular formula is C22H23N3O4S. The number of carbonyl (C=O) groups is 1. The van der Waals surface area contributed by atoms with Gasteiger partial charge in [-0.3, -0.25) is 9.59 Å². The summed E-state index contributed by atoms with van der Waals surface area (Å²) in [5, 5.41) is 7.37. The number of nitrogens with one attached hydrogen (secondary N) is 1. The summed E-state index contributed by atoms with van der Waals surface area (Å²) in [7, 11) is 3.09. The molecule has 0 saturated heterocycles. The van der Waals surface area contributed by atoms with Crippen molar-refractivity contribution < 1.29 is 14.3 Å². The van der Waals surface area contributed by atoms with Crippen molar-refractivity contribution in [2.75, 3.05) is 19.5 Å². The van der Waals surface area contributed by atoms with Crippen molar-refractivity contribution in [1.82, 2.24) is 9.78 Å². The molecule has 1 unspecified atom stereocenters. The van der Waals surface area contributed by atoms with Gasteiger partial charge < -0.3 is 14.8 Å². The number of aryl methyl sites for hydroxylation is 1. The summed E-state index contributed by atoms with van der Waals surface area (Å²) in [6.45, 7) is 3.75. The molecule has 3 aromatic rings. The maximum Gasteiger partial charge on any atom is 0.271 e. The van der Waals surface area contributed by atoms with Gasteiger partial charge in [-0.25, -0.2) is 0 Å². The third-order valence-electron chi connectivity index (χ3n) is 4.39. The predicted octanol–water partition coefficient (Wildman–Crippen LogP) is 3.68. The van der Waals surface area contributed by atoms with Gasteiger partial charge in [0, 0.05) is 12.1 Å². The van der Waals surface area contributed by atoms with Gasteiger partial charge in [0.2, 0.25) is 5.91 Å². The highest BCUT2D eigenvalue weighted by Gasteiger charge is 2.18. The van der Waals surface area contributed by atoms with Gasteiger partial charge in [0.25, 0.3) is 5.56 Å². The second-order valence-electron chi connectivity index (χ2n) is 6.57. The number of rotatable bonds is 7. The molecule has 0 saturated carbocycles. The van der Waals surface area contributed by atoms with Crippen LogP contribution in [-0.4, -0.2) is 35.2 Å². The van der Waals surface area contributed by atoms with Crippen LogP contribution in [0.3, 0.4) is 0 Å². The lowest BCUT2D eigenvalue weighted by Crippen LogP contribution is -2.24. The number of nitrogens with zero attached hydrogens (tertiary/aromatic N) is 2. The van der Waals surface area contributed by atoms with E-state index in [9.17, 15) is 9.59 Å². The second kappa shape index (κ2) is 9.49. The molecule has 1 heterocycles. The number of ether oxygens (including phenoxy) is 2. The van der Waals surface area contributed by atoms with Crippen LogP contribution in [-0.2, 0) is 4.79 Å². The monoisotopic (exact) mass is 425 g/mol. The van der Waals surface area contributed by atoms with Gasteiger partial charge in [-0.15, -0.1) is 0 Å². The van der Waals surface area contributed by atoms with Gasteiger partial charge >= 0.3 is 0 Å². The smallest absolute Gasteiger partial charge is 0.271 e. The Balaban J connectivity index is 1.77. The molecule has 1 atom stereocenters. The fourth-order valence-electron chi connectivity index (χ4n) is 2.71. The van der Waals surface area contributed by atoms with Gasteiger partial charge in [0.15, 0.2) is 0 Å². The lowest BCUT2D eigenvalue weighted by Gasteiger charge is -2.15. The predicted molar refractivity (Wildman–Crippen MR) is 118 cm³/mol. The summed E-state index contributed by atoms with van der Waals surface area (Å²) in [4.78, 5) is 25.0. The molecule has 156 valence electrons. The van der Waals surface area contributed by atoms with Crippen LogP contribution in [0.15, 0.2) is 64.4 Å². The molecule has 2 aromatic carbocycles. The van der Waals surface area contributed by atoms with Crippen LogP contribution in [0.25, 0.3) is 5.69 Å². The number of thioether (sulfide) groups is 1. The van der Waals surface area contributed by atoms with Crippen molar-refractivity contribution in [3.05, 3.63) is 70.5 Å². The summed E-state index contributed by atoms with van der Waals surface area (Å²) in [6, 6.07) is 15.8. The number of amides is 1. The molecule has 8 heteroatoms. The van der Waals surface area contributed by atoms with Crippen molar-refractivity contribution in [3.63, 3.8) is 0 Å². The minimum atomic E-state index is -0.461. The van der Waals surface area contributed by atoms with Crippen molar-refractivity contribution >= 4 is 23.4 Å². The molecule has 0 spiro atoms. The minimum Gasteiger partial charge on any atom is -0.497 e. The average molecular weight is 426 g/mol. The number of anilines is 1. The van der Waals surface area contributed by atoms with Crippen LogP contribution in [0.5, 0.6) is 11.5 Å². The van der Waals surface area contributed by atoms with Gasteiger partial charge in [-0.05, 0) is 44.2 Å². The first-order valence-corrected chi connectivity index (χ1v) is 10.2. The Morgan fingerprint density at radius 2 is 1.80 bits per heavy atom. The first-order chi connectivity index (χ1) is 14.4. The van der Waals surface area contributed by atoms with Crippen molar-refractivity contribution in [2.24, 2.45) is 0 Å². The van der Waals surface area contributed by atoms with Gasteiger partial charge in [0.05, 0.1) is 30.8 Å². The zero-order valence-electron chi connectivity index (χ0n) is 17.2. The summed E-state index contributed by atoms with van der Waals surface area (Å²) in [6.07, 6.45) is 0. The highest BCUT2D eigenvalue weighted by molar-refractivity contribution is 8.00. The fourth-order valence-corrected chi connectivity index (χ4v) is 3.51. The number of benzene rings is 2. The van der Waals surface area contributed by atoms with E-state index < -0.39 is 5.25 Å². The molecule has 0 aliphatic heterocycles. The van der Waals surface area contributed by atoms with E-state index in [-0.39, 0.29) is 11.5 Å². The molecule has 0 aliphatic carbocycles. The number of aromatic nitrogens is 2. The number of hydrogen-bond donors (Lipinski definition) is 1. The zero-order valence-corrected chi connectivity index (χ0v) is 18.0. The van der Waals surface area contributed by atoms with Crippen LogP contribution in [0.1, 0.15) is 12.5 Å². The van der Waals surface area contributed by atoms with Crippen LogP contribution in [0.2, 0.25) is 0 Å². The van der Waals surface area contributed by atoms with Crippen LogP contribution in [0, 0.1) is 6.92 Å². The van der Waals surface area contributed by atoms with Crippen LogP contribution >= 0.6 is 11.8 Å². The van der Waals surface area contributed by atoms with Crippen molar-refractivity contribution in [2.45, 2.75) is 24.1 Å². The quantitative estimate of drug-likeness (QED) is 0.582. The Hall–Kier alpha value is -3.26. The second-order valence-corrected chi connectivity index (χ2v) is 7.93. The maximum atomic E-state index is 12.7. The minimum absolute atomic E-state index is 0.221. The van der Waals surface area contributed by atoms with Gasteiger partial charge in [0.1, 0.15) is 16.5 Å². The third kappa shape index (κ3) is 5.01. The Bertz CT molecular complexity index is 1100. The molecule has 30 heavy (non-hydrogen) atoms. The molecule has 1 amide bonds. The Morgan fingerprint density at radius 1 is 1.07 bits per heavy atom. The van der Waals surface area contributed by atoms with Crippen molar-refractivity contribution in [3.8, 4) is 17.2 Å². The standard InChI is InChI=1S/C22H23N3O4S/c1-14-5-7-16(8-6-14)25-21(26)12-11-20(24-25)30-15(2)22(27)23-18-13-17(28-3)9-10-19(18)29-4/h5-13,15H,1-4H3,(H,23,27). The molecule has 7 nitrogen and oxygen atoms in total. The largest absolute Gasteiger partial charge is 0.497 e. The fraction of sp³-hybridized carbons (Fsp3) is 0.227. The molecule has 0 fully saturated rings. The van der Waals surface area contributed by atoms with Gasteiger partial charge in [-0.1, -0.05) is 29.5 Å². The van der Waals surface area contributed by atoms with E-state index in [2.05, 4.69) is 10.4 Å². The maximum absolute atomic E-state index is 12.7. The number of hydrogen-bond acceptors (Lipinski definition) is 6. The molecule has 1 N–H and O–H groups in total. The first-order valence-electron chi connectivity index (χ1n) is 9.28. The molecular weight excluding hydrogens is 402 g/mol. The highest BCUT2D eigenvalue weighted by Crippen LogP contribution is 2.30. The molecule has 3 rings (SSSR count). The highest BCUT2D eigenvalue weighted by atomic mass is 32.2. The van der Waals surface area contributed by atoms with Crippen LogP contribution < -0.4 is 20.3 Å². The van der Waals surface area contributed by atoms with E-state index in [1.54, 1.807) is 38.3 Å². The Labute approximate surface area is 179 Å². The normalized spacial score (nSPS) is 11.6. The summed E-state index contributed by atoms with van der Waals surface area (Å²) in [5.74, 6) is 0.923. The van der Waals surface area contributed by atoms with E-state index in [1.165, 1.54) is 29.6 Å². The summed E-state index contributed by atoms with van der Waals surface area (Å²) in [5.41, 5.74) is 2.05. The third-order valence-corrected chi connectivity index (χ3v) is 5.41. The van der Waals surface area contributed by atoms with E-state index >= 15 is 0 Å². The van der Waals surface area contributed by atoms with Crippen LogP contribution in [0.4, 0.5) is 5.69 Å². The first kappa shape index (κ1) is 21.4.